The molecule has 0 saturated carbocycles. The first-order valence-electron chi connectivity index (χ1n) is 9.08. The number of anilines is 1. The van der Waals surface area contributed by atoms with Crippen LogP contribution in [0.15, 0.2) is 84.4 Å². The predicted molar refractivity (Wildman–Crippen MR) is 113 cm³/mol. The molecule has 3 aromatic rings. The van der Waals surface area contributed by atoms with Crippen LogP contribution in [0, 0.1) is 11.3 Å². The second-order valence-corrected chi connectivity index (χ2v) is 6.35. The maximum atomic E-state index is 12.4. The molecule has 0 atom stereocenters. The Morgan fingerprint density at radius 1 is 1.00 bits per heavy atom. The van der Waals surface area contributed by atoms with E-state index in [1.165, 1.54) is 30.3 Å². The minimum atomic E-state index is -1.06. The van der Waals surface area contributed by atoms with Gasteiger partial charge in [0.05, 0.1) is 5.56 Å². The van der Waals surface area contributed by atoms with Crippen LogP contribution < -0.4 is 10.1 Å². The van der Waals surface area contributed by atoms with E-state index in [0.29, 0.717) is 23.6 Å². The van der Waals surface area contributed by atoms with E-state index in [9.17, 15) is 14.9 Å². The van der Waals surface area contributed by atoms with E-state index in [1.807, 2.05) is 36.4 Å². The summed E-state index contributed by atoms with van der Waals surface area (Å²) in [6.07, 6.45) is 1.47. The molecule has 0 heterocycles. The highest BCUT2D eigenvalue weighted by atomic mass is 16.5. The highest BCUT2D eigenvalue weighted by Crippen LogP contribution is 2.18. The Balaban J connectivity index is 1.69. The molecule has 0 bridgehead atoms. The van der Waals surface area contributed by atoms with Crippen molar-refractivity contribution in [2.75, 3.05) is 5.32 Å². The third kappa shape index (κ3) is 5.57. The van der Waals surface area contributed by atoms with Crippen LogP contribution in [-0.2, 0) is 11.4 Å². The normalized spacial score (nSPS) is 10.7. The van der Waals surface area contributed by atoms with Crippen molar-refractivity contribution < 1.29 is 19.4 Å². The lowest BCUT2D eigenvalue weighted by Gasteiger charge is -2.07. The number of carbonyl (C=O) groups excluding carboxylic acids is 1. The number of carbonyl (C=O) groups is 2. The maximum absolute atomic E-state index is 12.4. The summed E-state index contributed by atoms with van der Waals surface area (Å²) in [5.74, 6) is -1.02. The number of rotatable bonds is 7. The Morgan fingerprint density at radius 2 is 1.73 bits per heavy atom. The first kappa shape index (κ1) is 20.4. The summed E-state index contributed by atoms with van der Waals surface area (Å²) in [5, 5.41) is 20.9. The molecule has 0 aliphatic heterocycles. The zero-order valence-electron chi connectivity index (χ0n) is 15.9. The summed E-state index contributed by atoms with van der Waals surface area (Å²) in [4.78, 5) is 23.3. The quantitative estimate of drug-likeness (QED) is 0.451. The number of nitrogens with zero attached hydrogens (tertiary/aromatic N) is 1. The smallest absolute Gasteiger partial charge is 0.335 e. The first-order chi connectivity index (χ1) is 14.5. The Kier molecular flexibility index (Phi) is 6.59. The maximum Gasteiger partial charge on any atom is 0.335 e. The van der Waals surface area contributed by atoms with Gasteiger partial charge < -0.3 is 15.2 Å². The summed E-state index contributed by atoms with van der Waals surface area (Å²) in [6, 6.07) is 24.4. The van der Waals surface area contributed by atoms with Gasteiger partial charge in [0, 0.05) is 5.69 Å². The Hall–Kier alpha value is -4.37. The van der Waals surface area contributed by atoms with Crippen molar-refractivity contribution in [3.05, 3.63) is 101 Å². The molecule has 148 valence electrons. The van der Waals surface area contributed by atoms with Gasteiger partial charge >= 0.3 is 5.97 Å². The van der Waals surface area contributed by atoms with Crippen molar-refractivity contribution in [3.8, 4) is 11.8 Å². The molecule has 0 spiro atoms. The molecule has 6 heteroatoms. The van der Waals surface area contributed by atoms with Crippen molar-refractivity contribution in [2.45, 2.75) is 6.61 Å². The Morgan fingerprint density at radius 3 is 2.40 bits per heavy atom. The molecule has 0 radical (unpaired) electrons. The number of benzene rings is 3. The number of carboxylic acids is 1. The molecule has 0 aliphatic carbocycles. The predicted octanol–water partition coefficient (Wildman–Crippen LogP) is 4.51. The van der Waals surface area contributed by atoms with E-state index in [2.05, 4.69) is 5.32 Å². The van der Waals surface area contributed by atoms with Gasteiger partial charge in [-0.25, -0.2) is 4.79 Å². The molecule has 0 aromatic heterocycles. The molecular formula is C24H18N2O4. The van der Waals surface area contributed by atoms with Crippen LogP contribution in [0.1, 0.15) is 21.5 Å². The molecule has 0 saturated heterocycles. The van der Waals surface area contributed by atoms with Crippen LogP contribution in [-0.4, -0.2) is 17.0 Å². The van der Waals surface area contributed by atoms with Gasteiger partial charge in [-0.05, 0) is 53.6 Å². The molecule has 3 rings (SSSR count). The standard InChI is InChI=1S/C24H18N2O4/c25-15-20(23(27)26-21-11-9-19(10-12-21)24(28)29)13-18-7-4-8-22(14-18)30-16-17-5-2-1-3-6-17/h1-14H,16H2,(H,26,27)(H,28,29)/b20-13+. The zero-order chi connectivity index (χ0) is 21.3. The number of hydrogen-bond donors (Lipinski definition) is 2. The second-order valence-electron chi connectivity index (χ2n) is 6.35. The van der Waals surface area contributed by atoms with E-state index in [1.54, 1.807) is 24.3 Å². The lowest BCUT2D eigenvalue weighted by molar-refractivity contribution is -0.112. The number of hydrogen-bond acceptors (Lipinski definition) is 4. The van der Waals surface area contributed by atoms with Gasteiger partial charge in [-0.2, -0.15) is 5.26 Å². The fraction of sp³-hybridized carbons (Fsp3) is 0.0417. The van der Waals surface area contributed by atoms with Crippen molar-refractivity contribution >= 4 is 23.6 Å². The SMILES string of the molecule is N#C/C(=C\c1cccc(OCc2ccccc2)c1)C(=O)Nc1ccc(C(=O)O)cc1. The van der Waals surface area contributed by atoms with Crippen molar-refractivity contribution in [2.24, 2.45) is 0 Å². The third-order valence-electron chi connectivity index (χ3n) is 4.17. The summed E-state index contributed by atoms with van der Waals surface area (Å²) in [6.45, 7) is 0.409. The average molecular weight is 398 g/mol. The molecular weight excluding hydrogens is 380 g/mol. The summed E-state index contributed by atoms with van der Waals surface area (Å²) >= 11 is 0. The van der Waals surface area contributed by atoms with Crippen LogP contribution >= 0.6 is 0 Å². The lowest BCUT2D eigenvalue weighted by Crippen LogP contribution is -2.13. The minimum absolute atomic E-state index is 0.0856. The van der Waals surface area contributed by atoms with Crippen molar-refractivity contribution in [1.82, 2.24) is 0 Å². The lowest BCUT2D eigenvalue weighted by atomic mass is 10.1. The Labute approximate surface area is 173 Å². The van der Waals surface area contributed by atoms with E-state index in [0.717, 1.165) is 5.56 Å². The summed E-state index contributed by atoms with van der Waals surface area (Å²) in [5.41, 5.74) is 2.10. The highest BCUT2D eigenvalue weighted by Gasteiger charge is 2.10. The van der Waals surface area contributed by atoms with Gasteiger partial charge in [0.25, 0.3) is 5.91 Å². The number of nitrogens with one attached hydrogen (secondary N) is 1. The number of aromatic carboxylic acids is 1. The van der Waals surface area contributed by atoms with Gasteiger partial charge in [0.15, 0.2) is 0 Å². The Bertz CT molecular complexity index is 1110. The monoisotopic (exact) mass is 398 g/mol. The molecule has 2 N–H and O–H groups in total. The average Bonchev–Trinajstić information content (AvgIpc) is 2.77. The fourth-order valence-corrected chi connectivity index (χ4v) is 2.64. The van der Waals surface area contributed by atoms with Crippen LogP contribution in [0.4, 0.5) is 5.69 Å². The van der Waals surface area contributed by atoms with Crippen LogP contribution in [0.2, 0.25) is 0 Å². The molecule has 30 heavy (non-hydrogen) atoms. The number of amides is 1. The van der Waals surface area contributed by atoms with Gasteiger partial charge in [-0.15, -0.1) is 0 Å². The molecule has 6 nitrogen and oxygen atoms in total. The van der Waals surface area contributed by atoms with E-state index < -0.39 is 11.9 Å². The summed E-state index contributed by atoms with van der Waals surface area (Å²) in [7, 11) is 0. The minimum Gasteiger partial charge on any atom is -0.489 e. The van der Waals surface area contributed by atoms with E-state index in [4.69, 9.17) is 9.84 Å². The van der Waals surface area contributed by atoms with Crippen molar-refractivity contribution in [1.29, 1.82) is 5.26 Å². The van der Waals surface area contributed by atoms with E-state index in [-0.39, 0.29) is 11.1 Å². The van der Waals surface area contributed by atoms with Gasteiger partial charge in [-0.1, -0.05) is 42.5 Å². The van der Waals surface area contributed by atoms with Crippen LogP contribution in [0.25, 0.3) is 6.08 Å². The molecule has 0 unspecified atom stereocenters. The number of ether oxygens (including phenoxy) is 1. The second kappa shape index (κ2) is 9.71. The van der Waals surface area contributed by atoms with E-state index >= 15 is 0 Å². The largest absolute Gasteiger partial charge is 0.489 e. The van der Waals surface area contributed by atoms with Crippen molar-refractivity contribution in [3.63, 3.8) is 0 Å². The third-order valence-corrected chi connectivity index (χ3v) is 4.17. The summed E-state index contributed by atoms with van der Waals surface area (Å²) < 4.78 is 5.77. The number of carboxylic acid groups (broad SMARTS) is 1. The molecule has 0 fully saturated rings. The zero-order valence-corrected chi connectivity index (χ0v) is 15.9. The molecule has 1 amide bonds. The number of nitriles is 1. The molecule has 3 aromatic carbocycles. The van der Waals surface area contributed by atoms with Crippen LogP contribution in [0.5, 0.6) is 5.75 Å². The first-order valence-corrected chi connectivity index (χ1v) is 9.08. The topological polar surface area (TPSA) is 99.4 Å². The molecule has 0 aliphatic rings. The van der Waals surface area contributed by atoms with Gasteiger partial charge in [0.1, 0.15) is 24.0 Å². The highest BCUT2D eigenvalue weighted by molar-refractivity contribution is 6.09. The van der Waals surface area contributed by atoms with Gasteiger partial charge in [-0.3, -0.25) is 4.79 Å². The van der Waals surface area contributed by atoms with Crippen LogP contribution in [0.3, 0.4) is 0 Å². The fourth-order valence-electron chi connectivity index (χ4n) is 2.64. The van der Waals surface area contributed by atoms with Gasteiger partial charge in [0.2, 0.25) is 0 Å².